The zero-order chi connectivity index (χ0) is 9.80. The van der Waals surface area contributed by atoms with Crippen LogP contribution in [0.25, 0.3) is 5.69 Å². The van der Waals surface area contributed by atoms with Crippen molar-refractivity contribution in [3.8, 4) is 5.69 Å². The van der Waals surface area contributed by atoms with Gasteiger partial charge in [0, 0.05) is 0 Å². The first-order valence-electron chi connectivity index (χ1n) is 3.93. The number of rotatable bonds is 2. The number of hydrogen-bond acceptors (Lipinski definition) is 4. The highest BCUT2D eigenvalue weighted by molar-refractivity contribution is 7.78. The minimum atomic E-state index is 0.781. The third-order valence-electron chi connectivity index (χ3n) is 1.71. The van der Waals surface area contributed by atoms with Gasteiger partial charge < -0.3 is 0 Å². The molecular formula is C9H6N4S. The molecule has 0 atom stereocenters. The van der Waals surface area contributed by atoms with Crippen molar-refractivity contribution in [3.05, 3.63) is 36.9 Å². The molecular weight excluding hydrogens is 196 g/mol. The Kier molecular flexibility index (Phi) is 2.44. The van der Waals surface area contributed by atoms with Crippen molar-refractivity contribution in [3.63, 3.8) is 0 Å². The molecule has 4 nitrogen and oxygen atoms in total. The van der Waals surface area contributed by atoms with E-state index in [0.29, 0.717) is 0 Å². The molecule has 0 saturated carbocycles. The zero-order valence-corrected chi connectivity index (χ0v) is 7.98. The Balaban J connectivity index is 2.35. The number of isothiocyanates is 1. The first kappa shape index (κ1) is 8.74. The van der Waals surface area contributed by atoms with E-state index in [-0.39, 0.29) is 0 Å². The molecule has 0 radical (unpaired) electrons. The molecule has 1 aromatic carbocycles. The van der Waals surface area contributed by atoms with Gasteiger partial charge in [0.25, 0.3) is 0 Å². The van der Waals surface area contributed by atoms with Gasteiger partial charge in [0.15, 0.2) is 0 Å². The Hall–Kier alpha value is -1.84. The molecule has 0 N–H and O–H groups in total. The van der Waals surface area contributed by atoms with E-state index in [9.17, 15) is 0 Å². The topological polar surface area (TPSA) is 43.1 Å². The summed E-state index contributed by atoms with van der Waals surface area (Å²) in [6.07, 6.45) is 3.13. The second-order valence-electron chi connectivity index (χ2n) is 2.56. The van der Waals surface area contributed by atoms with Gasteiger partial charge in [-0.05, 0) is 36.5 Å². The predicted molar refractivity (Wildman–Crippen MR) is 56.0 cm³/mol. The minimum Gasteiger partial charge on any atom is -0.223 e. The molecule has 0 aliphatic carbocycles. The van der Waals surface area contributed by atoms with Gasteiger partial charge in [-0.2, -0.15) is 10.1 Å². The summed E-state index contributed by atoms with van der Waals surface area (Å²) in [6.45, 7) is 0. The smallest absolute Gasteiger partial charge is 0.138 e. The summed E-state index contributed by atoms with van der Waals surface area (Å²) in [6, 6.07) is 7.47. The minimum absolute atomic E-state index is 0.781. The molecule has 0 bridgehead atoms. The van der Waals surface area contributed by atoms with Gasteiger partial charge in [-0.25, -0.2) is 9.67 Å². The molecule has 2 aromatic rings. The lowest BCUT2D eigenvalue weighted by molar-refractivity contribution is 0.879. The van der Waals surface area contributed by atoms with Crippen molar-refractivity contribution in [1.82, 2.24) is 14.8 Å². The molecule has 0 aliphatic rings. The largest absolute Gasteiger partial charge is 0.223 e. The van der Waals surface area contributed by atoms with E-state index in [1.807, 2.05) is 24.3 Å². The van der Waals surface area contributed by atoms with E-state index >= 15 is 0 Å². The molecule has 14 heavy (non-hydrogen) atoms. The highest BCUT2D eigenvalue weighted by atomic mass is 32.1. The molecule has 5 heteroatoms. The maximum Gasteiger partial charge on any atom is 0.138 e. The lowest BCUT2D eigenvalue weighted by atomic mass is 10.3. The quantitative estimate of drug-likeness (QED) is 0.552. The fourth-order valence-corrected chi connectivity index (χ4v) is 1.18. The van der Waals surface area contributed by atoms with Crippen LogP contribution in [0.3, 0.4) is 0 Å². The van der Waals surface area contributed by atoms with Crippen molar-refractivity contribution in [1.29, 1.82) is 0 Å². The van der Waals surface area contributed by atoms with Crippen LogP contribution in [0.2, 0.25) is 0 Å². The van der Waals surface area contributed by atoms with Gasteiger partial charge in [0.05, 0.1) is 16.5 Å². The number of aliphatic imine (C=N–C) groups is 1. The van der Waals surface area contributed by atoms with Crippen LogP contribution in [0.4, 0.5) is 5.69 Å². The summed E-state index contributed by atoms with van der Waals surface area (Å²) in [5, 5.41) is 6.31. The van der Waals surface area contributed by atoms with Gasteiger partial charge in [-0.3, -0.25) is 0 Å². The van der Waals surface area contributed by atoms with E-state index < -0.39 is 0 Å². The Labute approximate surface area is 85.9 Å². The number of hydrogen-bond donors (Lipinski definition) is 0. The third-order valence-corrected chi connectivity index (χ3v) is 1.80. The normalized spacial score (nSPS) is 9.43. The van der Waals surface area contributed by atoms with E-state index in [1.165, 1.54) is 6.33 Å². The summed E-state index contributed by atoms with van der Waals surface area (Å²) < 4.78 is 1.67. The molecule has 0 spiro atoms. The maximum atomic E-state index is 4.50. The van der Waals surface area contributed by atoms with Gasteiger partial charge in [0.1, 0.15) is 12.7 Å². The molecule has 0 unspecified atom stereocenters. The van der Waals surface area contributed by atoms with Crippen LogP contribution in [0, 0.1) is 0 Å². The van der Waals surface area contributed by atoms with Crippen molar-refractivity contribution in [2.75, 3.05) is 0 Å². The van der Waals surface area contributed by atoms with E-state index in [2.05, 4.69) is 32.5 Å². The second kappa shape index (κ2) is 3.91. The monoisotopic (exact) mass is 202 g/mol. The molecule has 0 amide bonds. The summed E-state index contributed by atoms with van der Waals surface area (Å²) in [4.78, 5) is 7.71. The van der Waals surface area contributed by atoms with Crippen molar-refractivity contribution in [2.24, 2.45) is 4.99 Å². The van der Waals surface area contributed by atoms with Crippen LogP contribution in [0.1, 0.15) is 0 Å². The summed E-state index contributed by atoms with van der Waals surface area (Å²) in [5.41, 5.74) is 1.72. The Bertz CT molecular complexity index is 454. The van der Waals surface area contributed by atoms with Crippen LogP contribution in [-0.2, 0) is 0 Å². The molecule has 0 fully saturated rings. The standard InChI is InChI=1S/C9H6N4S/c14-7-11-8-1-3-9(4-2-8)13-6-10-5-12-13/h1-6H. The number of benzene rings is 1. The summed E-state index contributed by atoms with van der Waals surface area (Å²) in [7, 11) is 0. The van der Waals surface area contributed by atoms with Gasteiger partial charge in [-0.1, -0.05) is 0 Å². The lowest BCUT2D eigenvalue weighted by Crippen LogP contribution is -1.92. The molecule has 0 saturated heterocycles. The van der Waals surface area contributed by atoms with Crippen LogP contribution in [0.15, 0.2) is 41.9 Å². The van der Waals surface area contributed by atoms with Gasteiger partial charge in [-0.15, -0.1) is 0 Å². The average Bonchev–Trinajstić information content (AvgIpc) is 2.72. The SMILES string of the molecule is S=C=Nc1ccc(-n2cncn2)cc1. The second-order valence-corrected chi connectivity index (χ2v) is 2.74. The van der Waals surface area contributed by atoms with E-state index in [4.69, 9.17) is 0 Å². The average molecular weight is 202 g/mol. The lowest BCUT2D eigenvalue weighted by Gasteiger charge is -1.98. The van der Waals surface area contributed by atoms with Crippen molar-refractivity contribution < 1.29 is 0 Å². The van der Waals surface area contributed by atoms with Crippen LogP contribution in [-0.4, -0.2) is 19.9 Å². The van der Waals surface area contributed by atoms with Crippen LogP contribution >= 0.6 is 12.2 Å². The fourth-order valence-electron chi connectivity index (χ4n) is 1.07. The Morgan fingerprint density at radius 1 is 1.29 bits per heavy atom. The molecule has 0 aliphatic heterocycles. The molecule has 1 heterocycles. The van der Waals surface area contributed by atoms with E-state index in [1.54, 1.807) is 11.0 Å². The van der Waals surface area contributed by atoms with Crippen LogP contribution < -0.4 is 0 Å². The number of thiocarbonyl (C=S) groups is 1. The molecule has 1 aromatic heterocycles. The number of aromatic nitrogens is 3. The highest BCUT2D eigenvalue weighted by Gasteiger charge is 1.95. The summed E-state index contributed by atoms with van der Waals surface area (Å²) in [5.74, 6) is 0. The van der Waals surface area contributed by atoms with Crippen molar-refractivity contribution >= 4 is 23.1 Å². The summed E-state index contributed by atoms with van der Waals surface area (Å²) >= 11 is 4.50. The fraction of sp³-hybridized carbons (Fsp3) is 0. The third kappa shape index (κ3) is 1.74. The molecule has 68 valence electrons. The van der Waals surface area contributed by atoms with Gasteiger partial charge in [0.2, 0.25) is 0 Å². The van der Waals surface area contributed by atoms with Gasteiger partial charge >= 0.3 is 0 Å². The van der Waals surface area contributed by atoms with Crippen LogP contribution in [0.5, 0.6) is 0 Å². The molecule has 2 rings (SSSR count). The zero-order valence-electron chi connectivity index (χ0n) is 7.16. The Morgan fingerprint density at radius 3 is 2.64 bits per heavy atom. The Morgan fingerprint density at radius 2 is 2.07 bits per heavy atom. The first-order chi connectivity index (χ1) is 6.90. The van der Waals surface area contributed by atoms with E-state index in [0.717, 1.165) is 11.4 Å². The highest BCUT2D eigenvalue weighted by Crippen LogP contribution is 2.13. The van der Waals surface area contributed by atoms with Crippen molar-refractivity contribution in [2.45, 2.75) is 0 Å². The first-order valence-corrected chi connectivity index (χ1v) is 4.34. The number of nitrogens with zero attached hydrogens (tertiary/aromatic N) is 4. The predicted octanol–water partition coefficient (Wildman–Crippen LogP) is 2.00. The maximum absolute atomic E-state index is 4.50.